The molecule has 0 aliphatic carbocycles. The van der Waals surface area contributed by atoms with Crippen molar-refractivity contribution in [1.82, 2.24) is 16.0 Å². The molecule has 0 aliphatic rings. The molecule has 2 atom stereocenters. The molecule has 0 radical (unpaired) electrons. The molecule has 1 amide bonds. The molecule has 136 valence electrons. The zero-order valence-electron chi connectivity index (χ0n) is 16.5. The molecule has 4 heteroatoms. The van der Waals surface area contributed by atoms with Gasteiger partial charge in [-0.3, -0.25) is 10.1 Å². The topological polar surface area (TPSA) is 53.2 Å². The van der Waals surface area contributed by atoms with Crippen molar-refractivity contribution in [3.8, 4) is 0 Å². The van der Waals surface area contributed by atoms with Gasteiger partial charge in [-0.05, 0) is 61.0 Å². The summed E-state index contributed by atoms with van der Waals surface area (Å²) in [5.41, 5.74) is 0.815. The first-order chi connectivity index (χ1) is 10.9. The second-order valence-corrected chi connectivity index (χ2v) is 8.82. The Balaban J connectivity index is 3.25. The van der Waals surface area contributed by atoms with E-state index in [1.807, 2.05) is 32.0 Å². The Morgan fingerprint density at radius 2 is 1.38 bits per heavy atom. The van der Waals surface area contributed by atoms with Crippen LogP contribution in [0, 0.1) is 0 Å². The summed E-state index contributed by atoms with van der Waals surface area (Å²) in [5, 5.41) is 10.2. The molecule has 0 saturated carbocycles. The SMILES string of the molecule is CC(C)NC(=O)C(NC(C)(C)C)C(NC(C)(C)C)c1ccccc1. The molecular formula is C20H35N3O. The predicted molar refractivity (Wildman–Crippen MR) is 102 cm³/mol. The molecular weight excluding hydrogens is 298 g/mol. The van der Waals surface area contributed by atoms with E-state index < -0.39 is 0 Å². The summed E-state index contributed by atoms with van der Waals surface area (Å²) < 4.78 is 0. The highest BCUT2D eigenvalue weighted by Gasteiger charge is 2.34. The van der Waals surface area contributed by atoms with Crippen LogP contribution in [0.5, 0.6) is 0 Å². The Kier molecular flexibility index (Phi) is 6.99. The molecule has 0 aliphatic heterocycles. The van der Waals surface area contributed by atoms with Crippen LogP contribution in [0.25, 0.3) is 0 Å². The van der Waals surface area contributed by atoms with E-state index in [4.69, 9.17) is 0 Å². The fourth-order valence-corrected chi connectivity index (χ4v) is 2.63. The molecule has 4 nitrogen and oxygen atoms in total. The number of carbonyl (C=O) groups is 1. The molecule has 1 aromatic rings. The maximum absolute atomic E-state index is 12.9. The number of carbonyl (C=O) groups excluding carboxylic acids is 1. The summed E-state index contributed by atoms with van der Waals surface area (Å²) in [6.45, 7) is 16.6. The minimum Gasteiger partial charge on any atom is -0.353 e. The van der Waals surface area contributed by atoms with Gasteiger partial charge in [-0.25, -0.2) is 0 Å². The second-order valence-electron chi connectivity index (χ2n) is 8.82. The fraction of sp³-hybridized carbons (Fsp3) is 0.650. The number of nitrogens with one attached hydrogen (secondary N) is 3. The van der Waals surface area contributed by atoms with Gasteiger partial charge >= 0.3 is 0 Å². The molecule has 1 rings (SSSR count). The molecule has 2 unspecified atom stereocenters. The first-order valence-corrected chi connectivity index (χ1v) is 8.80. The van der Waals surface area contributed by atoms with Crippen molar-refractivity contribution >= 4 is 5.91 Å². The zero-order valence-corrected chi connectivity index (χ0v) is 16.5. The zero-order chi connectivity index (χ0) is 18.5. The van der Waals surface area contributed by atoms with E-state index in [9.17, 15) is 4.79 Å². The van der Waals surface area contributed by atoms with E-state index >= 15 is 0 Å². The van der Waals surface area contributed by atoms with Gasteiger partial charge in [0.1, 0.15) is 6.04 Å². The van der Waals surface area contributed by atoms with Gasteiger partial charge in [0.2, 0.25) is 5.91 Å². The lowest BCUT2D eigenvalue weighted by molar-refractivity contribution is -0.125. The third-order valence-corrected chi connectivity index (χ3v) is 3.38. The summed E-state index contributed by atoms with van der Waals surface area (Å²) in [4.78, 5) is 12.9. The van der Waals surface area contributed by atoms with Crippen LogP contribution < -0.4 is 16.0 Å². The van der Waals surface area contributed by atoms with E-state index in [0.29, 0.717) is 0 Å². The summed E-state index contributed by atoms with van der Waals surface area (Å²) in [5.74, 6) is 0.0190. The largest absolute Gasteiger partial charge is 0.353 e. The van der Waals surface area contributed by atoms with Gasteiger partial charge in [0.25, 0.3) is 0 Å². The number of benzene rings is 1. The minimum absolute atomic E-state index is 0.0190. The van der Waals surface area contributed by atoms with E-state index in [0.717, 1.165) is 5.56 Å². The normalized spacial score (nSPS) is 15.2. The Hall–Kier alpha value is -1.39. The molecule has 0 fully saturated rings. The lowest BCUT2D eigenvalue weighted by Gasteiger charge is -2.38. The highest BCUT2D eigenvalue weighted by Crippen LogP contribution is 2.22. The fourth-order valence-electron chi connectivity index (χ4n) is 2.63. The molecule has 24 heavy (non-hydrogen) atoms. The van der Waals surface area contributed by atoms with Crippen LogP contribution >= 0.6 is 0 Å². The standard InChI is InChI=1S/C20H35N3O/c1-14(2)21-18(24)17(23-20(6,7)8)16(22-19(3,4)5)15-12-10-9-11-13-15/h9-14,16-17,22-23H,1-8H3,(H,21,24). The molecule has 0 bridgehead atoms. The number of hydrogen-bond donors (Lipinski definition) is 3. The van der Waals surface area contributed by atoms with Gasteiger partial charge in [0.05, 0.1) is 6.04 Å². The average Bonchev–Trinajstić information content (AvgIpc) is 2.40. The van der Waals surface area contributed by atoms with Crippen LogP contribution in [0.15, 0.2) is 30.3 Å². The maximum atomic E-state index is 12.9. The number of rotatable bonds is 6. The summed E-state index contributed by atoms with van der Waals surface area (Å²) >= 11 is 0. The molecule has 0 saturated heterocycles. The van der Waals surface area contributed by atoms with Gasteiger partial charge in [0, 0.05) is 17.1 Å². The highest BCUT2D eigenvalue weighted by atomic mass is 16.2. The Labute approximate surface area is 147 Å². The molecule has 1 aromatic carbocycles. The van der Waals surface area contributed by atoms with Crippen molar-refractivity contribution in [3.63, 3.8) is 0 Å². The Morgan fingerprint density at radius 1 is 0.875 bits per heavy atom. The quantitative estimate of drug-likeness (QED) is 0.748. The van der Waals surface area contributed by atoms with Gasteiger partial charge in [-0.1, -0.05) is 30.3 Å². The molecule has 0 aromatic heterocycles. The van der Waals surface area contributed by atoms with E-state index in [-0.39, 0.29) is 35.1 Å². The Bertz CT molecular complexity index is 512. The Morgan fingerprint density at radius 3 is 1.79 bits per heavy atom. The van der Waals surface area contributed by atoms with Crippen LogP contribution in [0.4, 0.5) is 0 Å². The average molecular weight is 334 g/mol. The number of amides is 1. The lowest BCUT2D eigenvalue weighted by atomic mass is 9.92. The first-order valence-electron chi connectivity index (χ1n) is 8.80. The van der Waals surface area contributed by atoms with Crippen molar-refractivity contribution in [3.05, 3.63) is 35.9 Å². The third kappa shape index (κ3) is 7.45. The monoisotopic (exact) mass is 333 g/mol. The molecule has 0 heterocycles. The first kappa shape index (κ1) is 20.7. The van der Waals surface area contributed by atoms with Crippen LogP contribution in [0.2, 0.25) is 0 Å². The van der Waals surface area contributed by atoms with Gasteiger partial charge in [0.15, 0.2) is 0 Å². The van der Waals surface area contributed by atoms with Crippen LogP contribution in [0.1, 0.15) is 67.0 Å². The number of hydrogen-bond acceptors (Lipinski definition) is 3. The molecule has 3 N–H and O–H groups in total. The maximum Gasteiger partial charge on any atom is 0.239 e. The van der Waals surface area contributed by atoms with Gasteiger partial charge < -0.3 is 10.6 Å². The lowest BCUT2D eigenvalue weighted by Crippen LogP contribution is -2.59. The van der Waals surface area contributed by atoms with Crippen LogP contribution in [-0.4, -0.2) is 29.1 Å². The highest BCUT2D eigenvalue weighted by molar-refractivity contribution is 5.83. The van der Waals surface area contributed by atoms with Gasteiger partial charge in [-0.2, -0.15) is 0 Å². The van der Waals surface area contributed by atoms with Crippen molar-refractivity contribution in [2.75, 3.05) is 0 Å². The second kappa shape index (κ2) is 8.13. The van der Waals surface area contributed by atoms with E-state index in [1.165, 1.54) is 0 Å². The van der Waals surface area contributed by atoms with Crippen molar-refractivity contribution < 1.29 is 4.79 Å². The minimum atomic E-state index is -0.367. The van der Waals surface area contributed by atoms with E-state index in [1.54, 1.807) is 0 Å². The van der Waals surface area contributed by atoms with Crippen molar-refractivity contribution in [2.45, 2.75) is 84.6 Å². The smallest absolute Gasteiger partial charge is 0.239 e. The third-order valence-electron chi connectivity index (χ3n) is 3.38. The van der Waals surface area contributed by atoms with Crippen molar-refractivity contribution in [2.24, 2.45) is 0 Å². The van der Waals surface area contributed by atoms with Crippen LogP contribution in [0.3, 0.4) is 0 Å². The van der Waals surface area contributed by atoms with Crippen LogP contribution in [-0.2, 0) is 4.79 Å². The molecule has 0 spiro atoms. The van der Waals surface area contributed by atoms with E-state index in [2.05, 4.69) is 69.6 Å². The van der Waals surface area contributed by atoms with Gasteiger partial charge in [-0.15, -0.1) is 0 Å². The summed E-state index contributed by atoms with van der Waals surface area (Å²) in [6, 6.07) is 9.79. The van der Waals surface area contributed by atoms with Crippen molar-refractivity contribution in [1.29, 1.82) is 0 Å². The summed E-state index contributed by atoms with van der Waals surface area (Å²) in [6.07, 6.45) is 0. The summed E-state index contributed by atoms with van der Waals surface area (Å²) in [7, 11) is 0. The predicted octanol–water partition coefficient (Wildman–Crippen LogP) is 3.40.